The van der Waals surface area contributed by atoms with Crippen LogP contribution in [-0.2, 0) is 4.74 Å². The van der Waals surface area contributed by atoms with E-state index in [9.17, 15) is 9.90 Å². The Labute approximate surface area is 132 Å². The van der Waals surface area contributed by atoms with E-state index in [4.69, 9.17) is 4.74 Å². The van der Waals surface area contributed by atoms with Gasteiger partial charge < -0.3 is 25.8 Å². The van der Waals surface area contributed by atoms with E-state index >= 15 is 0 Å². The Morgan fingerprint density at radius 1 is 1.23 bits per heavy atom. The van der Waals surface area contributed by atoms with Gasteiger partial charge in [-0.25, -0.2) is 4.79 Å². The van der Waals surface area contributed by atoms with Crippen molar-refractivity contribution in [3.63, 3.8) is 0 Å². The summed E-state index contributed by atoms with van der Waals surface area (Å²) < 4.78 is 5.15. The number of rotatable bonds is 6. The number of aliphatic imine (C=N–C) groups is 1. The third kappa shape index (κ3) is 7.49. The van der Waals surface area contributed by atoms with Crippen molar-refractivity contribution in [1.82, 2.24) is 16.0 Å². The predicted octanol–water partition coefficient (Wildman–Crippen LogP) is 0.981. The molecule has 0 unspecified atom stereocenters. The van der Waals surface area contributed by atoms with Gasteiger partial charge in [0.2, 0.25) is 0 Å². The van der Waals surface area contributed by atoms with Crippen LogP contribution in [0.3, 0.4) is 0 Å². The molecular weight excluding hydrogens is 284 g/mol. The quantitative estimate of drug-likeness (QED) is 0.333. The lowest BCUT2D eigenvalue weighted by Gasteiger charge is -2.35. The first-order valence-corrected chi connectivity index (χ1v) is 7.95. The second-order valence-electron chi connectivity index (χ2n) is 6.63. The molecular formula is C15H30N4O3. The van der Waals surface area contributed by atoms with Gasteiger partial charge in [0.1, 0.15) is 5.60 Å². The number of guanidine groups is 1. The van der Waals surface area contributed by atoms with E-state index in [1.807, 2.05) is 27.7 Å². The van der Waals surface area contributed by atoms with Crippen molar-refractivity contribution >= 4 is 12.1 Å². The third-order valence-electron chi connectivity index (χ3n) is 3.25. The first-order chi connectivity index (χ1) is 10.2. The topological polar surface area (TPSA) is 95.0 Å². The minimum absolute atomic E-state index is 0.405. The normalized spacial score (nSPS) is 17.4. The molecule has 0 aromatic carbocycles. The largest absolute Gasteiger partial charge is 0.444 e. The lowest BCUT2D eigenvalue weighted by atomic mass is 9.80. The van der Waals surface area contributed by atoms with Gasteiger partial charge in [-0.2, -0.15) is 0 Å². The minimum atomic E-state index is -0.628. The summed E-state index contributed by atoms with van der Waals surface area (Å²) in [4.78, 5) is 15.9. The number of nitrogens with zero attached hydrogens (tertiary/aromatic N) is 1. The van der Waals surface area contributed by atoms with Crippen molar-refractivity contribution in [2.45, 2.75) is 58.2 Å². The minimum Gasteiger partial charge on any atom is -0.444 e. The lowest BCUT2D eigenvalue weighted by molar-refractivity contribution is -0.0236. The maximum absolute atomic E-state index is 11.5. The molecule has 1 saturated carbocycles. The molecule has 4 N–H and O–H groups in total. The molecule has 0 radical (unpaired) electrons. The third-order valence-corrected chi connectivity index (χ3v) is 3.25. The predicted molar refractivity (Wildman–Crippen MR) is 87.0 cm³/mol. The van der Waals surface area contributed by atoms with Crippen molar-refractivity contribution < 1.29 is 14.6 Å². The first kappa shape index (κ1) is 18.5. The molecule has 0 aromatic heterocycles. The van der Waals surface area contributed by atoms with Crippen LogP contribution in [0.1, 0.15) is 47.0 Å². The molecule has 128 valence electrons. The number of aliphatic hydroxyl groups is 1. The van der Waals surface area contributed by atoms with Crippen LogP contribution in [0.4, 0.5) is 4.79 Å². The van der Waals surface area contributed by atoms with Crippen LogP contribution in [0.5, 0.6) is 0 Å². The molecule has 0 spiro atoms. The Bertz CT molecular complexity index is 387. The molecule has 0 aromatic rings. The van der Waals surface area contributed by atoms with Gasteiger partial charge >= 0.3 is 6.09 Å². The maximum Gasteiger partial charge on any atom is 0.407 e. The monoisotopic (exact) mass is 314 g/mol. The van der Waals surface area contributed by atoms with E-state index in [0.29, 0.717) is 25.6 Å². The molecule has 0 saturated heterocycles. The summed E-state index contributed by atoms with van der Waals surface area (Å²) in [6.07, 6.45) is 2.27. The zero-order chi connectivity index (χ0) is 16.6. The highest BCUT2D eigenvalue weighted by Crippen LogP contribution is 2.31. The molecule has 7 nitrogen and oxygen atoms in total. The van der Waals surface area contributed by atoms with Crippen LogP contribution < -0.4 is 16.0 Å². The zero-order valence-electron chi connectivity index (χ0n) is 14.2. The summed E-state index contributed by atoms with van der Waals surface area (Å²) in [7, 11) is 0. The standard InChI is InChI=1S/C15H30N4O3/c1-5-16-12(19-11-15(21)7-6-8-15)17-9-10-18-13(20)22-14(2,3)4/h21H,5-11H2,1-4H3,(H,18,20)(H2,16,17,19). The lowest BCUT2D eigenvalue weighted by Crippen LogP contribution is -2.45. The average molecular weight is 314 g/mol. The van der Waals surface area contributed by atoms with Gasteiger partial charge in [-0.15, -0.1) is 0 Å². The fraction of sp³-hybridized carbons (Fsp3) is 0.867. The second-order valence-corrected chi connectivity index (χ2v) is 6.63. The van der Waals surface area contributed by atoms with Crippen LogP contribution >= 0.6 is 0 Å². The maximum atomic E-state index is 11.5. The average Bonchev–Trinajstić information content (AvgIpc) is 2.36. The molecule has 1 rings (SSSR count). The Hall–Kier alpha value is -1.50. The number of alkyl carbamates (subject to hydrolysis) is 1. The van der Waals surface area contributed by atoms with Crippen LogP contribution in [0, 0.1) is 0 Å². The highest BCUT2D eigenvalue weighted by atomic mass is 16.6. The zero-order valence-corrected chi connectivity index (χ0v) is 14.2. The Morgan fingerprint density at radius 2 is 1.86 bits per heavy atom. The highest BCUT2D eigenvalue weighted by molar-refractivity contribution is 5.79. The van der Waals surface area contributed by atoms with E-state index < -0.39 is 17.3 Å². The molecule has 7 heteroatoms. The van der Waals surface area contributed by atoms with Gasteiger partial charge in [0.15, 0.2) is 5.96 Å². The molecule has 1 aliphatic carbocycles. The van der Waals surface area contributed by atoms with Gasteiger partial charge in [0.05, 0.1) is 12.1 Å². The van der Waals surface area contributed by atoms with E-state index in [1.165, 1.54) is 0 Å². The van der Waals surface area contributed by atoms with Gasteiger partial charge in [0.25, 0.3) is 0 Å². The van der Waals surface area contributed by atoms with Gasteiger partial charge in [-0.3, -0.25) is 4.99 Å². The summed E-state index contributed by atoms with van der Waals surface area (Å²) >= 11 is 0. The SMILES string of the molecule is CCNC(=NCC1(O)CCC1)NCCNC(=O)OC(C)(C)C. The van der Waals surface area contributed by atoms with E-state index in [0.717, 1.165) is 25.8 Å². The molecule has 0 aliphatic heterocycles. The first-order valence-electron chi connectivity index (χ1n) is 7.95. The molecule has 1 amide bonds. The number of ether oxygens (including phenoxy) is 1. The number of carbonyl (C=O) groups excluding carboxylic acids is 1. The molecule has 1 aliphatic rings. The van der Waals surface area contributed by atoms with Crippen molar-refractivity contribution in [2.75, 3.05) is 26.2 Å². The number of hydrogen-bond donors (Lipinski definition) is 4. The molecule has 22 heavy (non-hydrogen) atoms. The number of amides is 1. The fourth-order valence-electron chi connectivity index (χ4n) is 1.97. The van der Waals surface area contributed by atoms with Crippen LogP contribution in [0.15, 0.2) is 4.99 Å². The van der Waals surface area contributed by atoms with Gasteiger partial charge in [-0.1, -0.05) is 0 Å². The van der Waals surface area contributed by atoms with Crippen molar-refractivity contribution in [1.29, 1.82) is 0 Å². The Morgan fingerprint density at radius 3 is 2.36 bits per heavy atom. The molecule has 0 bridgehead atoms. The van der Waals surface area contributed by atoms with E-state index in [2.05, 4.69) is 20.9 Å². The number of carbonyl (C=O) groups is 1. The van der Waals surface area contributed by atoms with Gasteiger partial charge in [-0.05, 0) is 47.0 Å². The summed E-state index contributed by atoms with van der Waals surface area (Å²) in [5.74, 6) is 0.647. The second kappa shape index (κ2) is 8.22. The van der Waals surface area contributed by atoms with E-state index in [1.54, 1.807) is 0 Å². The summed E-state index contributed by atoms with van der Waals surface area (Å²) in [5, 5.41) is 18.9. The summed E-state index contributed by atoms with van der Waals surface area (Å²) in [5.41, 5.74) is -1.12. The van der Waals surface area contributed by atoms with Crippen molar-refractivity contribution in [2.24, 2.45) is 4.99 Å². The van der Waals surface area contributed by atoms with Crippen molar-refractivity contribution in [3.05, 3.63) is 0 Å². The van der Waals surface area contributed by atoms with Crippen LogP contribution in [0.25, 0.3) is 0 Å². The van der Waals surface area contributed by atoms with Gasteiger partial charge in [0, 0.05) is 19.6 Å². The van der Waals surface area contributed by atoms with Crippen LogP contribution in [0.2, 0.25) is 0 Å². The molecule has 0 heterocycles. The molecule has 0 atom stereocenters. The highest BCUT2D eigenvalue weighted by Gasteiger charge is 2.34. The van der Waals surface area contributed by atoms with Crippen molar-refractivity contribution in [3.8, 4) is 0 Å². The summed E-state index contributed by atoms with van der Waals surface area (Å²) in [6.45, 7) is 9.57. The Balaban J connectivity index is 2.26. The number of hydrogen-bond acceptors (Lipinski definition) is 4. The number of nitrogens with one attached hydrogen (secondary N) is 3. The smallest absolute Gasteiger partial charge is 0.407 e. The van der Waals surface area contributed by atoms with Crippen LogP contribution in [-0.4, -0.2) is 54.5 Å². The summed E-state index contributed by atoms with van der Waals surface area (Å²) in [6, 6.07) is 0. The van der Waals surface area contributed by atoms with E-state index in [-0.39, 0.29) is 0 Å². The Kier molecular flexibility index (Phi) is 6.93. The molecule has 1 fully saturated rings. The fourth-order valence-corrected chi connectivity index (χ4v) is 1.97.